The van der Waals surface area contributed by atoms with Crippen molar-refractivity contribution < 1.29 is 18.0 Å². The van der Waals surface area contributed by atoms with Gasteiger partial charge in [0.05, 0.1) is 11.2 Å². The molecule has 2 nitrogen and oxygen atoms in total. The van der Waals surface area contributed by atoms with E-state index < -0.39 is 17.3 Å². The van der Waals surface area contributed by atoms with Gasteiger partial charge in [-0.25, -0.2) is 0 Å². The molecular weight excluding hydrogens is 299 g/mol. The van der Waals surface area contributed by atoms with E-state index in [1.165, 1.54) is 4.90 Å². The monoisotopic (exact) mass is 317 g/mol. The van der Waals surface area contributed by atoms with Crippen molar-refractivity contribution >= 4 is 18.5 Å². The summed E-state index contributed by atoms with van der Waals surface area (Å²) in [5.41, 5.74) is 0.954. The molecule has 2 unspecified atom stereocenters. The van der Waals surface area contributed by atoms with Gasteiger partial charge in [-0.1, -0.05) is 30.3 Å². The van der Waals surface area contributed by atoms with E-state index in [9.17, 15) is 18.0 Å². The Morgan fingerprint density at radius 3 is 2.62 bits per heavy atom. The third kappa shape index (κ3) is 4.40. The molecule has 1 amide bonds. The molecule has 0 radical (unpaired) electrons. The molecule has 0 bridgehead atoms. The Morgan fingerprint density at radius 2 is 2.00 bits per heavy atom. The normalized spacial score (nSPS) is 21.1. The first-order valence-corrected chi connectivity index (χ1v) is 7.47. The van der Waals surface area contributed by atoms with Gasteiger partial charge in [-0.2, -0.15) is 25.8 Å². The van der Waals surface area contributed by atoms with Crippen LogP contribution in [-0.4, -0.2) is 35.3 Å². The van der Waals surface area contributed by atoms with Gasteiger partial charge < -0.3 is 4.90 Å². The molecule has 2 atom stereocenters. The van der Waals surface area contributed by atoms with Crippen LogP contribution < -0.4 is 0 Å². The summed E-state index contributed by atoms with van der Waals surface area (Å²) in [5, 5.41) is -0.598. The standard InChI is InChI=1S/C15H18F3NOS/c16-15(17,18)12-7-4-8-19(10-12)14(20)13(21)9-11-5-2-1-3-6-11/h1-3,5-6,12-13,21H,4,7-10H2. The fourth-order valence-electron chi connectivity index (χ4n) is 2.58. The van der Waals surface area contributed by atoms with Crippen molar-refractivity contribution in [2.45, 2.75) is 30.7 Å². The van der Waals surface area contributed by atoms with Crippen LogP contribution in [0.2, 0.25) is 0 Å². The number of benzene rings is 1. The Hall–Kier alpha value is -1.17. The van der Waals surface area contributed by atoms with E-state index in [2.05, 4.69) is 12.6 Å². The maximum Gasteiger partial charge on any atom is 0.393 e. The SMILES string of the molecule is O=C(C(S)Cc1ccccc1)N1CCCC(C(F)(F)F)C1. The molecule has 116 valence electrons. The van der Waals surface area contributed by atoms with Crippen LogP contribution in [0.4, 0.5) is 13.2 Å². The Bertz CT molecular complexity index is 478. The topological polar surface area (TPSA) is 20.3 Å². The van der Waals surface area contributed by atoms with E-state index in [4.69, 9.17) is 0 Å². The summed E-state index contributed by atoms with van der Waals surface area (Å²) in [4.78, 5) is 13.6. The highest BCUT2D eigenvalue weighted by Crippen LogP contribution is 2.33. The lowest BCUT2D eigenvalue weighted by Crippen LogP contribution is -2.47. The lowest BCUT2D eigenvalue weighted by Gasteiger charge is -2.35. The number of carbonyl (C=O) groups is 1. The zero-order valence-electron chi connectivity index (χ0n) is 11.5. The average molecular weight is 317 g/mol. The maximum atomic E-state index is 12.8. The highest BCUT2D eigenvalue weighted by atomic mass is 32.1. The van der Waals surface area contributed by atoms with Crippen LogP contribution in [0.25, 0.3) is 0 Å². The van der Waals surface area contributed by atoms with Crippen molar-refractivity contribution in [3.05, 3.63) is 35.9 Å². The molecule has 1 fully saturated rings. The van der Waals surface area contributed by atoms with Crippen LogP contribution in [0.1, 0.15) is 18.4 Å². The molecule has 1 aliphatic rings. The van der Waals surface area contributed by atoms with Crippen LogP contribution in [0.5, 0.6) is 0 Å². The summed E-state index contributed by atoms with van der Waals surface area (Å²) in [6.07, 6.45) is -3.31. The number of nitrogens with zero attached hydrogens (tertiary/aromatic N) is 1. The molecule has 1 aromatic carbocycles. The fraction of sp³-hybridized carbons (Fsp3) is 0.533. The molecule has 1 aromatic rings. The van der Waals surface area contributed by atoms with Crippen molar-refractivity contribution in [3.63, 3.8) is 0 Å². The van der Waals surface area contributed by atoms with E-state index in [0.717, 1.165) is 5.56 Å². The third-order valence-corrected chi connectivity index (χ3v) is 4.16. The summed E-state index contributed by atoms with van der Waals surface area (Å²) in [6.45, 7) is 0.144. The second kappa shape index (κ2) is 6.73. The summed E-state index contributed by atoms with van der Waals surface area (Å²) < 4.78 is 38.3. The van der Waals surface area contributed by atoms with Crippen LogP contribution in [0, 0.1) is 5.92 Å². The Morgan fingerprint density at radius 1 is 1.33 bits per heavy atom. The van der Waals surface area contributed by atoms with E-state index in [-0.39, 0.29) is 18.9 Å². The van der Waals surface area contributed by atoms with Gasteiger partial charge in [-0.15, -0.1) is 0 Å². The maximum absolute atomic E-state index is 12.8. The quantitative estimate of drug-likeness (QED) is 0.848. The van der Waals surface area contributed by atoms with Crippen LogP contribution in [0.15, 0.2) is 30.3 Å². The Kier molecular flexibility index (Phi) is 5.19. The molecule has 6 heteroatoms. The molecule has 21 heavy (non-hydrogen) atoms. The fourth-order valence-corrected chi connectivity index (χ4v) is 2.95. The molecule has 1 heterocycles. The van der Waals surface area contributed by atoms with E-state index >= 15 is 0 Å². The number of thiol groups is 1. The molecule has 0 N–H and O–H groups in total. The second-order valence-corrected chi connectivity index (χ2v) is 5.99. The first-order valence-electron chi connectivity index (χ1n) is 6.95. The second-order valence-electron chi connectivity index (χ2n) is 5.37. The summed E-state index contributed by atoms with van der Waals surface area (Å²) in [5.74, 6) is -1.72. The van der Waals surface area contributed by atoms with Gasteiger partial charge in [0.2, 0.25) is 5.91 Å². The number of hydrogen-bond acceptors (Lipinski definition) is 2. The van der Waals surface area contributed by atoms with E-state index in [1.54, 1.807) is 0 Å². The van der Waals surface area contributed by atoms with Gasteiger partial charge in [0, 0.05) is 13.1 Å². The third-order valence-electron chi connectivity index (χ3n) is 3.75. The van der Waals surface area contributed by atoms with Gasteiger partial charge in [0.25, 0.3) is 0 Å². The van der Waals surface area contributed by atoms with E-state index in [0.29, 0.717) is 19.4 Å². The highest BCUT2D eigenvalue weighted by Gasteiger charge is 2.43. The summed E-state index contributed by atoms with van der Waals surface area (Å²) in [6, 6.07) is 9.36. The number of rotatable bonds is 3. The average Bonchev–Trinajstić information content (AvgIpc) is 2.46. The number of halogens is 3. The predicted octanol–water partition coefficient (Wildman–Crippen LogP) is 3.33. The zero-order chi connectivity index (χ0) is 15.5. The molecule has 1 aliphatic heterocycles. The minimum Gasteiger partial charge on any atom is -0.341 e. The molecule has 0 aliphatic carbocycles. The summed E-state index contributed by atoms with van der Waals surface area (Å²) >= 11 is 4.28. The largest absolute Gasteiger partial charge is 0.393 e. The number of alkyl halides is 3. The van der Waals surface area contributed by atoms with Crippen molar-refractivity contribution in [1.82, 2.24) is 4.90 Å². The minimum absolute atomic E-state index is 0.100. The molecular formula is C15H18F3NOS. The van der Waals surface area contributed by atoms with Crippen molar-refractivity contribution in [1.29, 1.82) is 0 Å². The predicted molar refractivity (Wildman–Crippen MR) is 78.3 cm³/mol. The Balaban J connectivity index is 1.96. The minimum atomic E-state index is -4.23. The van der Waals surface area contributed by atoms with Crippen LogP contribution >= 0.6 is 12.6 Å². The molecule has 1 saturated heterocycles. The lowest BCUT2D eigenvalue weighted by molar-refractivity contribution is -0.187. The molecule has 0 spiro atoms. The zero-order valence-corrected chi connectivity index (χ0v) is 12.4. The number of piperidine rings is 1. The molecule has 2 rings (SSSR count). The van der Waals surface area contributed by atoms with Crippen molar-refractivity contribution in [2.24, 2.45) is 5.92 Å². The number of amides is 1. The lowest BCUT2D eigenvalue weighted by atomic mass is 9.97. The van der Waals surface area contributed by atoms with Crippen LogP contribution in [-0.2, 0) is 11.2 Å². The van der Waals surface area contributed by atoms with Gasteiger partial charge >= 0.3 is 6.18 Å². The van der Waals surface area contributed by atoms with Crippen LogP contribution in [0.3, 0.4) is 0 Å². The van der Waals surface area contributed by atoms with Crippen molar-refractivity contribution in [2.75, 3.05) is 13.1 Å². The first kappa shape index (κ1) is 16.2. The smallest absolute Gasteiger partial charge is 0.341 e. The molecule has 0 aromatic heterocycles. The highest BCUT2D eigenvalue weighted by molar-refractivity contribution is 7.81. The van der Waals surface area contributed by atoms with Gasteiger partial charge in [0.15, 0.2) is 0 Å². The van der Waals surface area contributed by atoms with Crippen molar-refractivity contribution in [3.8, 4) is 0 Å². The first-order chi connectivity index (χ1) is 9.88. The summed E-state index contributed by atoms with van der Waals surface area (Å²) in [7, 11) is 0. The number of carbonyl (C=O) groups excluding carboxylic acids is 1. The van der Waals surface area contributed by atoms with Gasteiger partial charge in [-0.3, -0.25) is 4.79 Å². The molecule has 0 saturated carbocycles. The van der Waals surface area contributed by atoms with Gasteiger partial charge in [0.1, 0.15) is 0 Å². The number of hydrogen-bond donors (Lipinski definition) is 1. The van der Waals surface area contributed by atoms with Gasteiger partial charge in [-0.05, 0) is 24.8 Å². The van der Waals surface area contributed by atoms with E-state index in [1.807, 2.05) is 30.3 Å². The number of likely N-dealkylation sites (tertiary alicyclic amines) is 1. The Labute approximate surface area is 127 Å².